The van der Waals surface area contributed by atoms with Gasteiger partial charge in [-0.2, -0.15) is 13.2 Å². The summed E-state index contributed by atoms with van der Waals surface area (Å²) in [6.07, 6.45) is -2.43. The van der Waals surface area contributed by atoms with Gasteiger partial charge in [-0.1, -0.05) is 13.3 Å². The molecule has 0 heterocycles. The number of unbranched alkanes of at least 4 members (excludes halogenated alkanes) is 1. The topological polar surface area (TPSA) is 29.3 Å². The highest BCUT2D eigenvalue weighted by molar-refractivity contribution is 5.59. The maximum Gasteiger partial charge on any atom is 0.418 e. The number of nitrogen functional groups attached to an aromatic ring is 1. The first kappa shape index (κ1) is 14.7. The smallest absolute Gasteiger partial charge is 0.398 e. The molecular weight excluding hydrogens is 241 g/mol. The first-order chi connectivity index (χ1) is 8.40. The quantitative estimate of drug-likeness (QED) is 0.813. The van der Waals surface area contributed by atoms with Gasteiger partial charge in [-0.3, -0.25) is 0 Å². The van der Waals surface area contributed by atoms with Crippen LogP contribution in [-0.2, 0) is 6.18 Å². The minimum atomic E-state index is -4.40. The molecule has 0 unspecified atom stereocenters. The van der Waals surface area contributed by atoms with Gasteiger partial charge < -0.3 is 10.6 Å². The van der Waals surface area contributed by atoms with Crippen molar-refractivity contribution in [2.75, 3.05) is 23.7 Å². The Morgan fingerprint density at radius 2 is 1.89 bits per heavy atom. The van der Waals surface area contributed by atoms with E-state index in [1.54, 1.807) is 6.07 Å². The first-order valence-corrected chi connectivity index (χ1v) is 6.11. The van der Waals surface area contributed by atoms with Crippen molar-refractivity contribution < 1.29 is 13.2 Å². The van der Waals surface area contributed by atoms with E-state index in [-0.39, 0.29) is 5.69 Å². The number of anilines is 2. The van der Waals surface area contributed by atoms with Gasteiger partial charge in [-0.15, -0.1) is 0 Å². The molecule has 0 aliphatic carbocycles. The zero-order chi connectivity index (χ0) is 13.8. The molecule has 0 aromatic heterocycles. The fourth-order valence-corrected chi connectivity index (χ4v) is 1.81. The van der Waals surface area contributed by atoms with Crippen molar-refractivity contribution in [3.63, 3.8) is 0 Å². The van der Waals surface area contributed by atoms with Crippen LogP contribution in [0, 0.1) is 0 Å². The zero-order valence-electron chi connectivity index (χ0n) is 10.7. The second-order valence-electron chi connectivity index (χ2n) is 4.20. The Bertz CT molecular complexity index is 388. The van der Waals surface area contributed by atoms with Crippen LogP contribution < -0.4 is 10.6 Å². The largest absolute Gasteiger partial charge is 0.418 e. The number of hydrogen-bond acceptors (Lipinski definition) is 2. The molecule has 0 saturated carbocycles. The highest BCUT2D eigenvalue weighted by Gasteiger charge is 2.33. The van der Waals surface area contributed by atoms with Crippen molar-refractivity contribution in [3.05, 3.63) is 23.8 Å². The van der Waals surface area contributed by atoms with Crippen LogP contribution >= 0.6 is 0 Å². The molecule has 5 heteroatoms. The summed E-state index contributed by atoms with van der Waals surface area (Å²) >= 11 is 0. The number of nitrogens with zero attached hydrogens (tertiary/aromatic N) is 1. The summed E-state index contributed by atoms with van der Waals surface area (Å²) in [5.41, 5.74) is 4.98. The monoisotopic (exact) mass is 260 g/mol. The third-order valence-corrected chi connectivity index (χ3v) is 2.87. The lowest BCUT2D eigenvalue weighted by Gasteiger charge is -2.24. The average molecular weight is 260 g/mol. The van der Waals surface area contributed by atoms with Crippen LogP contribution in [0.5, 0.6) is 0 Å². The van der Waals surface area contributed by atoms with E-state index in [1.807, 2.05) is 11.8 Å². The number of nitrogens with two attached hydrogens (primary N) is 1. The Hall–Kier alpha value is -1.39. The minimum absolute atomic E-state index is 0.224. The van der Waals surface area contributed by atoms with Crippen LogP contribution in [0.25, 0.3) is 0 Å². The van der Waals surface area contributed by atoms with E-state index in [2.05, 4.69) is 6.92 Å². The lowest BCUT2D eigenvalue weighted by atomic mass is 10.1. The SMILES string of the molecule is CCCCN(CC)c1ccc(N)c(C(F)(F)F)c1. The molecule has 102 valence electrons. The van der Waals surface area contributed by atoms with E-state index >= 15 is 0 Å². The maximum atomic E-state index is 12.7. The lowest BCUT2D eigenvalue weighted by molar-refractivity contribution is -0.136. The number of benzene rings is 1. The van der Waals surface area contributed by atoms with E-state index in [0.29, 0.717) is 12.2 Å². The molecule has 18 heavy (non-hydrogen) atoms. The van der Waals surface area contributed by atoms with Gasteiger partial charge in [0.2, 0.25) is 0 Å². The lowest BCUT2D eigenvalue weighted by Crippen LogP contribution is -2.24. The van der Waals surface area contributed by atoms with Crippen LogP contribution in [0.4, 0.5) is 24.5 Å². The van der Waals surface area contributed by atoms with E-state index in [1.165, 1.54) is 6.07 Å². The highest BCUT2D eigenvalue weighted by atomic mass is 19.4. The van der Waals surface area contributed by atoms with Crippen LogP contribution in [0.3, 0.4) is 0 Å². The summed E-state index contributed by atoms with van der Waals surface area (Å²) in [4.78, 5) is 1.93. The molecule has 0 spiro atoms. The van der Waals surface area contributed by atoms with E-state index in [9.17, 15) is 13.2 Å². The van der Waals surface area contributed by atoms with E-state index in [4.69, 9.17) is 5.73 Å². The van der Waals surface area contributed by atoms with Gasteiger partial charge in [0.25, 0.3) is 0 Å². The minimum Gasteiger partial charge on any atom is -0.398 e. The van der Waals surface area contributed by atoms with Crippen molar-refractivity contribution in [1.29, 1.82) is 0 Å². The average Bonchev–Trinajstić information content (AvgIpc) is 2.30. The molecule has 2 nitrogen and oxygen atoms in total. The molecule has 1 aromatic carbocycles. The fourth-order valence-electron chi connectivity index (χ4n) is 1.81. The molecule has 2 N–H and O–H groups in total. The standard InChI is InChI=1S/C13H19F3N2/c1-3-5-8-18(4-2)10-6-7-12(17)11(9-10)13(14,15)16/h6-7,9H,3-5,8,17H2,1-2H3. The first-order valence-electron chi connectivity index (χ1n) is 6.11. The van der Waals surface area contributed by atoms with Gasteiger partial charge in [0.05, 0.1) is 5.56 Å². The van der Waals surface area contributed by atoms with Gasteiger partial charge >= 0.3 is 6.18 Å². The third-order valence-electron chi connectivity index (χ3n) is 2.87. The Labute approximate surface area is 106 Å². The van der Waals surface area contributed by atoms with Crippen molar-refractivity contribution in [2.24, 2.45) is 0 Å². The molecule has 0 fully saturated rings. The number of rotatable bonds is 5. The number of alkyl halides is 3. The van der Waals surface area contributed by atoms with Crippen molar-refractivity contribution >= 4 is 11.4 Å². The predicted molar refractivity (Wildman–Crippen MR) is 68.7 cm³/mol. The predicted octanol–water partition coefficient (Wildman–Crippen LogP) is 3.91. The maximum absolute atomic E-state index is 12.7. The number of hydrogen-bond donors (Lipinski definition) is 1. The second-order valence-corrected chi connectivity index (χ2v) is 4.20. The molecule has 0 atom stereocenters. The molecule has 1 aromatic rings. The molecule has 1 rings (SSSR count). The van der Waals surface area contributed by atoms with Gasteiger partial charge in [0.1, 0.15) is 0 Å². The van der Waals surface area contributed by atoms with Crippen molar-refractivity contribution in [3.8, 4) is 0 Å². The molecule has 0 bridgehead atoms. The number of halogens is 3. The van der Waals surface area contributed by atoms with Crippen LogP contribution in [0.2, 0.25) is 0 Å². The van der Waals surface area contributed by atoms with Gasteiger partial charge in [0, 0.05) is 24.5 Å². The van der Waals surface area contributed by atoms with Gasteiger partial charge in [-0.05, 0) is 31.5 Å². The molecular formula is C13H19F3N2. The Kier molecular flexibility index (Phi) is 4.87. The zero-order valence-corrected chi connectivity index (χ0v) is 10.7. The van der Waals surface area contributed by atoms with E-state index < -0.39 is 11.7 Å². The van der Waals surface area contributed by atoms with Crippen LogP contribution in [0.1, 0.15) is 32.3 Å². The summed E-state index contributed by atoms with van der Waals surface area (Å²) in [6, 6.07) is 4.10. The summed E-state index contributed by atoms with van der Waals surface area (Å²) in [5, 5.41) is 0. The summed E-state index contributed by atoms with van der Waals surface area (Å²) in [5.74, 6) is 0. The highest BCUT2D eigenvalue weighted by Crippen LogP contribution is 2.35. The van der Waals surface area contributed by atoms with Gasteiger partial charge in [-0.25, -0.2) is 0 Å². The fraction of sp³-hybridized carbons (Fsp3) is 0.538. The Morgan fingerprint density at radius 3 is 2.39 bits per heavy atom. The normalized spacial score (nSPS) is 11.6. The summed E-state index contributed by atoms with van der Waals surface area (Å²) < 4.78 is 38.2. The molecule has 0 amide bonds. The van der Waals surface area contributed by atoms with Crippen LogP contribution in [0.15, 0.2) is 18.2 Å². The Balaban J connectivity index is 3.02. The van der Waals surface area contributed by atoms with Crippen molar-refractivity contribution in [2.45, 2.75) is 32.9 Å². The summed E-state index contributed by atoms with van der Waals surface area (Å²) in [6.45, 7) is 5.42. The Morgan fingerprint density at radius 1 is 1.22 bits per heavy atom. The third kappa shape index (κ3) is 3.55. The molecule has 0 saturated heterocycles. The molecule has 0 radical (unpaired) electrons. The van der Waals surface area contributed by atoms with Gasteiger partial charge in [0.15, 0.2) is 0 Å². The second kappa shape index (κ2) is 5.98. The van der Waals surface area contributed by atoms with Crippen LogP contribution in [-0.4, -0.2) is 13.1 Å². The molecule has 0 aliphatic rings. The van der Waals surface area contributed by atoms with Crippen molar-refractivity contribution in [1.82, 2.24) is 0 Å². The summed E-state index contributed by atoms with van der Waals surface area (Å²) in [7, 11) is 0. The molecule has 0 aliphatic heterocycles. The van der Waals surface area contributed by atoms with E-state index in [0.717, 1.165) is 25.5 Å².